The molecule has 0 aromatic carbocycles. The first-order valence-corrected chi connectivity index (χ1v) is 5.66. The van der Waals surface area contributed by atoms with E-state index in [1.54, 1.807) is 0 Å². The zero-order valence-electron chi connectivity index (χ0n) is 9.48. The molecule has 0 aliphatic heterocycles. The van der Waals surface area contributed by atoms with Crippen molar-refractivity contribution in [3.05, 3.63) is 0 Å². The third-order valence-electron chi connectivity index (χ3n) is 3.09. The average Bonchev–Trinajstić information content (AvgIpc) is 2.20. The number of nitrogens with two attached hydrogens (primary N) is 1. The summed E-state index contributed by atoms with van der Waals surface area (Å²) in [5.74, 6) is -0.0763. The molecule has 1 rings (SSSR count). The van der Waals surface area contributed by atoms with Gasteiger partial charge in [0, 0.05) is 0 Å². The lowest BCUT2D eigenvalue weighted by Gasteiger charge is -2.29. The minimum atomic E-state index is -0.917. The fraction of sp³-hybridized carbons (Fsp3) is 0.909. The lowest BCUT2D eigenvalue weighted by atomic mass is 9.88. The number of ether oxygens (including phenoxy) is 1. The zero-order valence-corrected chi connectivity index (χ0v) is 9.48. The van der Waals surface area contributed by atoms with E-state index in [9.17, 15) is 4.79 Å². The van der Waals surface area contributed by atoms with Crippen LogP contribution in [0, 0.1) is 5.92 Å². The van der Waals surface area contributed by atoms with Crippen LogP contribution in [0.4, 0.5) is 0 Å². The number of aliphatic hydroxyl groups excluding tert-OH is 1. The number of hydrogen-bond acceptors (Lipinski definition) is 4. The Hall–Kier alpha value is -0.610. The molecule has 0 saturated heterocycles. The summed E-state index contributed by atoms with van der Waals surface area (Å²) in [6.45, 7) is 3.58. The van der Waals surface area contributed by atoms with Crippen molar-refractivity contribution in [2.45, 2.75) is 57.8 Å². The minimum absolute atomic E-state index is 0.0175. The molecule has 0 spiro atoms. The third kappa shape index (κ3) is 3.47. The molecule has 4 unspecified atom stereocenters. The Kier molecular flexibility index (Phi) is 4.54. The second kappa shape index (κ2) is 5.47. The summed E-state index contributed by atoms with van der Waals surface area (Å²) in [7, 11) is 0. The van der Waals surface area contributed by atoms with Crippen LogP contribution in [0.2, 0.25) is 0 Å². The maximum Gasteiger partial charge on any atom is 0.325 e. The van der Waals surface area contributed by atoms with E-state index >= 15 is 0 Å². The first-order chi connectivity index (χ1) is 7.02. The standard InChI is InChI=1S/C11H21NO3/c1-7-5-3-4-6-9(7)15-11(14)10(12)8(2)13/h7-10,13H,3-6,12H2,1-2H3. The van der Waals surface area contributed by atoms with Crippen molar-refractivity contribution in [2.24, 2.45) is 11.7 Å². The molecule has 4 heteroatoms. The lowest BCUT2D eigenvalue weighted by Crippen LogP contribution is -2.44. The predicted octanol–water partition coefficient (Wildman–Crippen LogP) is 0.816. The highest BCUT2D eigenvalue weighted by Crippen LogP contribution is 2.26. The Morgan fingerprint density at radius 3 is 2.60 bits per heavy atom. The van der Waals surface area contributed by atoms with E-state index in [0.29, 0.717) is 5.92 Å². The van der Waals surface area contributed by atoms with Gasteiger partial charge in [0.05, 0.1) is 6.10 Å². The van der Waals surface area contributed by atoms with Crippen molar-refractivity contribution in [3.63, 3.8) is 0 Å². The Balaban J connectivity index is 2.42. The second-order valence-electron chi connectivity index (χ2n) is 4.50. The molecule has 4 nitrogen and oxygen atoms in total. The Morgan fingerprint density at radius 1 is 1.47 bits per heavy atom. The Morgan fingerprint density at radius 2 is 2.07 bits per heavy atom. The van der Waals surface area contributed by atoms with Crippen LogP contribution in [0.1, 0.15) is 39.5 Å². The molecule has 3 N–H and O–H groups in total. The smallest absolute Gasteiger partial charge is 0.325 e. The van der Waals surface area contributed by atoms with Crippen molar-refractivity contribution in [2.75, 3.05) is 0 Å². The van der Waals surface area contributed by atoms with Crippen molar-refractivity contribution >= 4 is 5.97 Å². The highest BCUT2D eigenvalue weighted by atomic mass is 16.5. The fourth-order valence-electron chi connectivity index (χ4n) is 1.88. The van der Waals surface area contributed by atoms with Gasteiger partial charge >= 0.3 is 5.97 Å². The maximum absolute atomic E-state index is 11.5. The highest BCUT2D eigenvalue weighted by Gasteiger charge is 2.28. The van der Waals surface area contributed by atoms with Gasteiger partial charge in [-0.05, 0) is 32.1 Å². The summed E-state index contributed by atoms with van der Waals surface area (Å²) in [4.78, 5) is 11.5. The van der Waals surface area contributed by atoms with Crippen molar-refractivity contribution in [3.8, 4) is 0 Å². The van der Waals surface area contributed by atoms with Crippen LogP contribution in [0.3, 0.4) is 0 Å². The fourth-order valence-corrected chi connectivity index (χ4v) is 1.88. The van der Waals surface area contributed by atoms with Gasteiger partial charge in [-0.15, -0.1) is 0 Å². The first kappa shape index (κ1) is 12.5. The quantitative estimate of drug-likeness (QED) is 0.683. The van der Waals surface area contributed by atoms with Gasteiger partial charge in [-0.25, -0.2) is 0 Å². The summed E-state index contributed by atoms with van der Waals surface area (Å²) < 4.78 is 5.30. The van der Waals surface area contributed by atoms with Gasteiger partial charge < -0.3 is 15.6 Å². The van der Waals surface area contributed by atoms with Crippen LogP contribution < -0.4 is 5.73 Å². The van der Waals surface area contributed by atoms with Gasteiger partial charge in [0.2, 0.25) is 0 Å². The van der Waals surface area contributed by atoms with Gasteiger partial charge in [0.1, 0.15) is 12.1 Å². The van der Waals surface area contributed by atoms with Gasteiger partial charge in [-0.3, -0.25) is 4.79 Å². The molecular formula is C11H21NO3. The molecule has 0 aromatic heterocycles. The van der Waals surface area contributed by atoms with Crippen molar-refractivity contribution < 1.29 is 14.6 Å². The zero-order chi connectivity index (χ0) is 11.4. The molecule has 0 radical (unpaired) electrons. The number of aliphatic hydroxyl groups is 1. The molecule has 4 atom stereocenters. The number of carbonyl (C=O) groups is 1. The van der Waals surface area contributed by atoms with E-state index in [4.69, 9.17) is 15.6 Å². The van der Waals surface area contributed by atoms with Crippen LogP contribution in [0.15, 0.2) is 0 Å². The SMILES string of the molecule is CC(O)C(N)C(=O)OC1CCCCC1C. The van der Waals surface area contributed by atoms with E-state index in [-0.39, 0.29) is 6.10 Å². The minimum Gasteiger partial charge on any atom is -0.461 e. The summed E-state index contributed by atoms with van der Waals surface area (Å²) in [5, 5.41) is 9.16. The molecular weight excluding hydrogens is 194 g/mol. The topological polar surface area (TPSA) is 72.5 Å². The molecule has 1 saturated carbocycles. The normalized spacial score (nSPS) is 30.7. The summed E-state index contributed by atoms with van der Waals surface area (Å²) in [5.41, 5.74) is 5.50. The van der Waals surface area contributed by atoms with Gasteiger partial charge in [-0.2, -0.15) is 0 Å². The summed E-state index contributed by atoms with van der Waals surface area (Å²) in [6.07, 6.45) is 3.46. The maximum atomic E-state index is 11.5. The van der Waals surface area contributed by atoms with E-state index in [1.165, 1.54) is 13.3 Å². The van der Waals surface area contributed by atoms with E-state index in [0.717, 1.165) is 19.3 Å². The van der Waals surface area contributed by atoms with Crippen molar-refractivity contribution in [1.82, 2.24) is 0 Å². The molecule has 88 valence electrons. The Labute approximate surface area is 90.8 Å². The van der Waals surface area contributed by atoms with Gasteiger partial charge in [-0.1, -0.05) is 13.3 Å². The van der Waals surface area contributed by atoms with E-state index in [2.05, 4.69) is 6.92 Å². The summed E-state index contributed by atoms with van der Waals surface area (Å²) in [6, 6.07) is -0.917. The number of rotatable bonds is 3. The monoisotopic (exact) mass is 215 g/mol. The summed E-state index contributed by atoms with van der Waals surface area (Å²) >= 11 is 0. The molecule has 0 bridgehead atoms. The van der Waals surface area contributed by atoms with E-state index in [1.807, 2.05) is 0 Å². The molecule has 0 heterocycles. The Bertz CT molecular complexity index is 218. The predicted molar refractivity (Wildman–Crippen MR) is 57.2 cm³/mol. The van der Waals surface area contributed by atoms with Crippen molar-refractivity contribution in [1.29, 1.82) is 0 Å². The largest absolute Gasteiger partial charge is 0.461 e. The molecule has 1 aliphatic carbocycles. The number of hydrogen-bond donors (Lipinski definition) is 2. The number of esters is 1. The van der Waals surface area contributed by atoms with Crippen LogP contribution >= 0.6 is 0 Å². The number of carbonyl (C=O) groups excluding carboxylic acids is 1. The van der Waals surface area contributed by atoms with Crippen LogP contribution in [-0.4, -0.2) is 29.3 Å². The van der Waals surface area contributed by atoms with Gasteiger partial charge in [0.15, 0.2) is 0 Å². The van der Waals surface area contributed by atoms with Crippen LogP contribution in [0.5, 0.6) is 0 Å². The molecule has 1 aliphatic rings. The molecule has 0 amide bonds. The van der Waals surface area contributed by atoms with E-state index < -0.39 is 18.1 Å². The van der Waals surface area contributed by atoms with Crippen LogP contribution in [0.25, 0.3) is 0 Å². The second-order valence-corrected chi connectivity index (χ2v) is 4.50. The molecule has 1 fully saturated rings. The molecule has 15 heavy (non-hydrogen) atoms. The van der Waals surface area contributed by atoms with Gasteiger partial charge in [0.25, 0.3) is 0 Å². The third-order valence-corrected chi connectivity index (χ3v) is 3.09. The molecule has 0 aromatic rings. The van der Waals surface area contributed by atoms with Crippen LogP contribution in [-0.2, 0) is 9.53 Å². The lowest BCUT2D eigenvalue weighted by molar-refractivity contribution is -0.157. The highest BCUT2D eigenvalue weighted by molar-refractivity contribution is 5.76. The average molecular weight is 215 g/mol. The first-order valence-electron chi connectivity index (χ1n) is 5.66.